The van der Waals surface area contributed by atoms with Gasteiger partial charge in [-0.25, -0.2) is 13.2 Å². The van der Waals surface area contributed by atoms with Crippen molar-refractivity contribution in [2.45, 2.75) is 38.5 Å². The molecule has 0 unspecified atom stereocenters. The van der Waals surface area contributed by atoms with E-state index in [4.69, 9.17) is 5.26 Å². The number of aromatic nitrogens is 2. The lowest BCUT2D eigenvalue weighted by molar-refractivity contribution is 0.111. The zero-order chi connectivity index (χ0) is 39.2. The van der Waals surface area contributed by atoms with E-state index >= 15 is 0 Å². The van der Waals surface area contributed by atoms with Crippen LogP contribution in [0.1, 0.15) is 59.5 Å². The molecule has 6 rings (SSSR count). The van der Waals surface area contributed by atoms with Crippen molar-refractivity contribution in [3.63, 3.8) is 0 Å². The summed E-state index contributed by atoms with van der Waals surface area (Å²) in [6, 6.07) is 22.7. The predicted molar refractivity (Wildman–Crippen MR) is 204 cm³/mol. The van der Waals surface area contributed by atoms with Crippen molar-refractivity contribution in [2.75, 3.05) is 0 Å². The number of nitrogens with zero attached hydrogens (tertiary/aromatic N) is 3. The highest BCUT2D eigenvalue weighted by atomic mass is 79.9. The Hall–Kier alpha value is -5.63. The monoisotopic (exact) mass is 844 g/mol. The first kappa shape index (κ1) is 40.1. The summed E-state index contributed by atoms with van der Waals surface area (Å²) in [4.78, 5) is 48.4. The number of carbonyl (C=O) groups excluding carboxylic acids is 2. The van der Waals surface area contributed by atoms with Crippen LogP contribution in [0.2, 0.25) is 0 Å². The van der Waals surface area contributed by atoms with Gasteiger partial charge < -0.3 is 4.98 Å². The SMILES string of the molecule is CC(C)(C#N)c1cc(F)c2c(=O)[nH]ccc2c1.CC(C)(C#N)c1cc(F)c2c(=O)n(-c3cccc(Br)c3C=O)ccc2c1.O=Cc1c(F)cccc1Br. The number of nitrogens with one attached hydrogen (secondary N) is 1. The van der Waals surface area contributed by atoms with Crippen LogP contribution in [0.15, 0.2) is 104 Å². The first-order valence-electron chi connectivity index (χ1n) is 15.6. The largest absolute Gasteiger partial charge is 0.328 e. The van der Waals surface area contributed by atoms with E-state index in [9.17, 15) is 37.6 Å². The quantitative estimate of drug-likeness (QED) is 0.172. The third kappa shape index (κ3) is 8.54. The molecule has 0 saturated carbocycles. The Balaban J connectivity index is 0.000000198. The van der Waals surface area contributed by atoms with E-state index in [0.717, 1.165) is 0 Å². The maximum absolute atomic E-state index is 14.7. The minimum absolute atomic E-state index is 0.0324. The summed E-state index contributed by atoms with van der Waals surface area (Å²) in [5.74, 6) is -1.78. The van der Waals surface area contributed by atoms with E-state index in [1.165, 1.54) is 41.2 Å². The molecule has 6 aromatic rings. The molecule has 0 saturated heterocycles. The molecule has 0 radical (unpaired) electrons. The van der Waals surface area contributed by atoms with Gasteiger partial charge in [-0.15, -0.1) is 0 Å². The molecular formula is C40H29Br2F3N4O4. The first-order valence-corrected chi connectivity index (χ1v) is 17.2. The van der Waals surface area contributed by atoms with Crippen molar-refractivity contribution in [1.82, 2.24) is 9.55 Å². The molecule has 8 nitrogen and oxygen atoms in total. The van der Waals surface area contributed by atoms with E-state index < -0.39 is 39.4 Å². The van der Waals surface area contributed by atoms with Crippen LogP contribution in [0, 0.1) is 40.1 Å². The van der Waals surface area contributed by atoms with Crippen molar-refractivity contribution >= 4 is 66.0 Å². The highest BCUT2D eigenvalue weighted by molar-refractivity contribution is 9.10. The van der Waals surface area contributed by atoms with Crippen molar-refractivity contribution in [3.8, 4) is 17.8 Å². The van der Waals surface area contributed by atoms with Crippen LogP contribution in [0.25, 0.3) is 27.2 Å². The van der Waals surface area contributed by atoms with Crippen LogP contribution in [-0.2, 0) is 10.8 Å². The number of fused-ring (bicyclic) bond motifs is 2. The van der Waals surface area contributed by atoms with Gasteiger partial charge in [0, 0.05) is 21.3 Å². The van der Waals surface area contributed by atoms with Crippen molar-refractivity contribution < 1.29 is 22.8 Å². The molecule has 0 amide bonds. The molecule has 268 valence electrons. The van der Waals surface area contributed by atoms with Crippen molar-refractivity contribution in [1.29, 1.82) is 10.5 Å². The number of hydrogen-bond acceptors (Lipinski definition) is 6. The zero-order valence-corrected chi connectivity index (χ0v) is 31.8. The van der Waals surface area contributed by atoms with E-state index in [-0.39, 0.29) is 16.3 Å². The number of aromatic amines is 1. The second kappa shape index (κ2) is 16.4. The second-order valence-corrected chi connectivity index (χ2v) is 14.4. The van der Waals surface area contributed by atoms with Gasteiger partial charge in [-0.2, -0.15) is 10.5 Å². The van der Waals surface area contributed by atoms with Gasteiger partial charge in [-0.3, -0.25) is 23.7 Å². The zero-order valence-electron chi connectivity index (χ0n) is 28.6. The molecule has 2 aromatic heterocycles. The Kier molecular flexibility index (Phi) is 12.4. The molecule has 0 aliphatic rings. The van der Waals surface area contributed by atoms with Gasteiger partial charge in [0.1, 0.15) is 17.5 Å². The summed E-state index contributed by atoms with van der Waals surface area (Å²) < 4.78 is 43.4. The highest BCUT2D eigenvalue weighted by Crippen LogP contribution is 2.29. The van der Waals surface area contributed by atoms with E-state index in [0.29, 0.717) is 54.7 Å². The number of pyridine rings is 2. The fourth-order valence-corrected chi connectivity index (χ4v) is 6.01. The Morgan fingerprint density at radius 3 is 1.72 bits per heavy atom. The molecule has 0 atom stereocenters. The number of H-pyrrole nitrogens is 1. The molecule has 1 N–H and O–H groups in total. The van der Waals surface area contributed by atoms with E-state index in [1.54, 1.807) is 76.2 Å². The Morgan fingerprint density at radius 1 is 0.698 bits per heavy atom. The molecule has 0 aliphatic carbocycles. The Morgan fingerprint density at radius 2 is 1.21 bits per heavy atom. The fraction of sp³-hybridized carbons (Fsp3) is 0.150. The van der Waals surface area contributed by atoms with Crippen molar-refractivity contribution in [2.24, 2.45) is 0 Å². The maximum Gasteiger partial charge on any atom is 0.265 e. The van der Waals surface area contributed by atoms with E-state index in [1.807, 2.05) is 0 Å². The van der Waals surface area contributed by atoms with Crippen molar-refractivity contribution in [3.05, 3.63) is 155 Å². The average Bonchev–Trinajstić information content (AvgIpc) is 3.12. The summed E-state index contributed by atoms with van der Waals surface area (Å²) >= 11 is 6.32. The minimum Gasteiger partial charge on any atom is -0.328 e. The number of benzene rings is 4. The third-order valence-corrected chi connectivity index (χ3v) is 9.69. The number of halogens is 5. The lowest BCUT2D eigenvalue weighted by Gasteiger charge is -2.17. The Bertz CT molecular complexity index is 2580. The molecule has 4 aromatic carbocycles. The van der Waals surface area contributed by atoms with Crippen LogP contribution in [0.4, 0.5) is 13.2 Å². The van der Waals surface area contributed by atoms with Crippen LogP contribution in [0.3, 0.4) is 0 Å². The molecule has 0 aliphatic heterocycles. The summed E-state index contributed by atoms with van der Waals surface area (Å²) in [7, 11) is 0. The number of hydrogen-bond donors (Lipinski definition) is 1. The summed E-state index contributed by atoms with van der Waals surface area (Å²) in [5, 5.41) is 19.2. The minimum atomic E-state index is -0.876. The summed E-state index contributed by atoms with van der Waals surface area (Å²) in [6.07, 6.45) is 4.10. The van der Waals surface area contributed by atoms with Gasteiger partial charge in [0.05, 0.1) is 50.6 Å². The number of aldehydes is 2. The normalized spacial score (nSPS) is 11.0. The fourth-order valence-electron chi connectivity index (χ4n) is 5.12. The van der Waals surface area contributed by atoms with Crippen LogP contribution in [0.5, 0.6) is 0 Å². The van der Waals surface area contributed by atoms with Gasteiger partial charge >= 0.3 is 0 Å². The summed E-state index contributed by atoms with van der Waals surface area (Å²) in [6.45, 7) is 6.79. The topological polar surface area (TPSA) is 137 Å². The average molecular weight is 846 g/mol. The van der Waals surface area contributed by atoms with Gasteiger partial charge in [-0.1, -0.05) is 12.1 Å². The maximum atomic E-state index is 14.7. The number of nitriles is 2. The van der Waals surface area contributed by atoms with Gasteiger partial charge in [0.15, 0.2) is 12.6 Å². The third-order valence-electron chi connectivity index (χ3n) is 8.31. The molecule has 0 bridgehead atoms. The van der Waals surface area contributed by atoms with Crippen LogP contribution < -0.4 is 11.1 Å². The summed E-state index contributed by atoms with van der Waals surface area (Å²) in [5.41, 5.74) is -0.880. The molecular weight excluding hydrogens is 817 g/mol. The predicted octanol–water partition coefficient (Wildman–Crippen LogP) is 9.38. The second-order valence-electron chi connectivity index (χ2n) is 12.7. The lowest BCUT2D eigenvalue weighted by Crippen LogP contribution is -2.21. The van der Waals surface area contributed by atoms with Gasteiger partial charge in [0.2, 0.25) is 0 Å². The van der Waals surface area contributed by atoms with Crippen LogP contribution >= 0.6 is 31.9 Å². The smallest absolute Gasteiger partial charge is 0.265 e. The Labute approximate surface area is 318 Å². The molecule has 2 heterocycles. The molecule has 0 spiro atoms. The van der Waals surface area contributed by atoms with Crippen LogP contribution in [-0.4, -0.2) is 22.1 Å². The van der Waals surface area contributed by atoms with E-state index in [2.05, 4.69) is 49.0 Å². The number of carbonyl (C=O) groups is 2. The standard InChI is InChI=1S/C20H14BrFN2O2.C13H11FN2O.C7H4BrFO/c1-20(2,11-23)13-8-12-6-7-24(19(26)18(12)16(22)9-13)17-5-3-4-15(21)14(17)10-25;1-13(2,7-15)9-5-8-3-4-16-12(17)11(8)10(14)6-9;8-6-2-1-3-7(9)5(6)4-10/h3-10H,1-2H3;3-6H,1-2H3,(H,16,17);1-4H. The molecule has 53 heavy (non-hydrogen) atoms. The molecule has 13 heteroatoms. The molecule has 0 fully saturated rings. The lowest BCUT2D eigenvalue weighted by atomic mass is 9.85. The first-order chi connectivity index (χ1) is 25.0. The van der Waals surface area contributed by atoms with Gasteiger partial charge in [0.25, 0.3) is 11.1 Å². The highest BCUT2D eigenvalue weighted by Gasteiger charge is 2.24. The van der Waals surface area contributed by atoms with Gasteiger partial charge in [-0.05, 0) is 142 Å². The number of rotatable bonds is 5.